The molecule has 0 saturated heterocycles. The molecule has 1 aromatic carbocycles. The van der Waals surface area contributed by atoms with Crippen molar-refractivity contribution in [1.82, 2.24) is 4.98 Å². The van der Waals surface area contributed by atoms with Crippen molar-refractivity contribution in [3.8, 4) is 0 Å². The summed E-state index contributed by atoms with van der Waals surface area (Å²) >= 11 is 5.72. The number of carbonyl (C=O) groups is 1. The highest BCUT2D eigenvalue weighted by molar-refractivity contribution is 6.33. The third kappa shape index (κ3) is 1.86. The van der Waals surface area contributed by atoms with Gasteiger partial charge in [-0.05, 0) is 13.0 Å². The number of hydrogen-bond acceptors (Lipinski definition) is 4. The second kappa shape index (κ2) is 4.23. The number of aromatic amines is 1. The van der Waals surface area contributed by atoms with Crippen LogP contribution in [-0.4, -0.2) is 15.7 Å². The van der Waals surface area contributed by atoms with Crippen molar-refractivity contribution >= 4 is 34.0 Å². The van der Waals surface area contributed by atoms with Gasteiger partial charge < -0.3 is 4.98 Å². The lowest BCUT2D eigenvalue weighted by Gasteiger charge is -2.02. The second-order valence-corrected chi connectivity index (χ2v) is 4.10. The molecule has 0 radical (unpaired) electrons. The summed E-state index contributed by atoms with van der Waals surface area (Å²) in [5.74, 6) is -0.407. The minimum absolute atomic E-state index is 0.0425. The molecule has 1 heterocycles. The first-order valence-electron chi connectivity index (χ1n) is 4.92. The van der Waals surface area contributed by atoms with Crippen LogP contribution in [0.25, 0.3) is 10.9 Å². The summed E-state index contributed by atoms with van der Waals surface area (Å²) < 4.78 is 0. The van der Waals surface area contributed by atoms with Crippen LogP contribution in [-0.2, 0) is 0 Å². The minimum Gasteiger partial charge on any atom is -0.360 e. The van der Waals surface area contributed by atoms with Gasteiger partial charge in [0, 0.05) is 12.3 Å². The second-order valence-electron chi connectivity index (χ2n) is 3.69. The summed E-state index contributed by atoms with van der Waals surface area (Å²) in [6, 6.07) is 2.36. The molecule has 18 heavy (non-hydrogen) atoms. The molecule has 0 fully saturated rings. The monoisotopic (exact) mass is 266 g/mol. The van der Waals surface area contributed by atoms with Crippen molar-refractivity contribution in [2.45, 2.75) is 6.92 Å². The number of nitro benzene ring substituents is 1. The summed E-state index contributed by atoms with van der Waals surface area (Å²) in [7, 11) is 0. The van der Waals surface area contributed by atoms with Crippen molar-refractivity contribution in [3.05, 3.63) is 49.3 Å². The van der Waals surface area contributed by atoms with E-state index in [-0.39, 0.29) is 21.7 Å². The Hall–Kier alpha value is -2.21. The number of Topliss-reactive ketones (excluding diaryl/α,β-unsaturated/α-hetero) is 1. The van der Waals surface area contributed by atoms with Crippen LogP contribution in [0.4, 0.5) is 5.69 Å². The molecular weight excluding hydrogens is 260 g/mol. The molecule has 0 unspecified atom stereocenters. The third-order valence-electron chi connectivity index (χ3n) is 2.52. The maximum atomic E-state index is 11.9. The number of aromatic nitrogens is 1. The molecule has 7 heteroatoms. The van der Waals surface area contributed by atoms with Gasteiger partial charge in [-0.2, -0.15) is 0 Å². The first kappa shape index (κ1) is 12.3. The van der Waals surface area contributed by atoms with E-state index >= 15 is 0 Å². The Morgan fingerprint density at radius 1 is 1.44 bits per heavy atom. The number of benzene rings is 1. The van der Waals surface area contributed by atoms with Gasteiger partial charge >= 0.3 is 0 Å². The molecule has 1 N–H and O–H groups in total. The fraction of sp³-hybridized carbons (Fsp3) is 0.0909. The Labute approximate surface area is 105 Å². The molecule has 2 rings (SSSR count). The van der Waals surface area contributed by atoms with E-state index < -0.39 is 16.1 Å². The number of carbonyl (C=O) groups excluding carboxylic acids is 1. The van der Waals surface area contributed by atoms with Crippen molar-refractivity contribution in [2.24, 2.45) is 0 Å². The number of nitro groups is 1. The van der Waals surface area contributed by atoms with Gasteiger partial charge in [0.2, 0.25) is 0 Å². The van der Waals surface area contributed by atoms with E-state index in [0.717, 1.165) is 6.07 Å². The normalized spacial score (nSPS) is 10.6. The number of H-pyrrole nitrogens is 1. The summed E-state index contributed by atoms with van der Waals surface area (Å²) in [6.45, 7) is 1.25. The van der Waals surface area contributed by atoms with Crippen LogP contribution in [0.1, 0.15) is 17.3 Å². The van der Waals surface area contributed by atoms with Gasteiger partial charge in [-0.3, -0.25) is 19.7 Å². The topological polar surface area (TPSA) is 93.1 Å². The minimum atomic E-state index is -0.679. The molecule has 0 aliphatic rings. The van der Waals surface area contributed by atoms with Crippen LogP contribution < -0.4 is 5.43 Å². The number of fused-ring (bicyclic) bond motifs is 1. The van der Waals surface area contributed by atoms with Gasteiger partial charge in [-0.1, -0.05) is 11.6 Å². The SMILES string of the molecule is CC(=O)c1c[nH]c2cc(Cl)c([N+](=O)[O-])cc2c1=O. The predicted octanol–water partition coefficient (Wildman–Crippen LogP) is 2.29. The van der Waals surface area contributed by atoms with Gasteiger partial charge in [-0.25, -0.2) is 0 Å². The number of nitrogens with one attached hydrogen (secondary N) is 1. The van der Waals surface area contributed by atoms with Gasteiger partial charge in [-0.15, -0.1) is 0 Å². The smallest absolute Gasteiger partial charge is 0.288 e. The van der Waals surface area contributed by atoms with Crippen molar-refractivity contribution in [3.63, 3.8) is 0 Å². The first-order valence-corrected chi connectivity index (χ1v) is 5.30. The maximum Gasteiger partial charge on any atom is 0.288 e. The molecule has 0 saturated carbocycles. The number of ketones is 1. The quantitative estimate of drug-likeness (QED) is 0.513. The highest BCUT2D eigenvalue weighted by Gasteiger charge is 2.17. The van der Waals surface area contributed by atoms with E-state index in [4.69, 9.17) is 11.6 Å². The molecule has 92 valence electrons. The average molecular weight is 267 g/mol. The molecule has 0 amide bonds. The molecule has 0 aliphatic heterocycles. The standard InChI is InChI=1S/C11H7ClN2O4/c1-5(15)7-4-13-9-3-8(12)10(14(17)18)2-6(9)11(7)16/h2-4H,1H3,(H,13,16). The first-order chi connectivity index (χ1) is 8.41. The highest BCUT2D eigenvalue weighted by atomic mass is 35.5. The van der Waals surface area contributed by atoms with E-state index in [0.29, 0.717) is 5.52 Å². The van der Waals surface area contributed by atoms with Crippen molar-refractivity contribution in [2.75, 3.05) is 0 Å². The predicted molar refractivity (Wildman–Crippen MR) is 66.2 cm³/mol. The lowest BCUT2D eigenvalue weighted by atomic mass is 10.1. The van der Waals surface area contributed by atoms with Crippen LogP contribution in [0.15, 0.2) is 23.1 Å². The lowest BCUT2D eigenvalue weighted by Crippen LogP contribution is -2.13. The highest BCUT2D eigenvalue weighted by Crippen LogP contribution is 2.27. The van der Waals surface area contributed by atoms with E-state index in [1.54, 1.807) is 0 Å². The van der Waals surface area contributed by atoms with Gasteiger partial charge in [0.25, 0.3) is 5.69 Å². The van der Waals surface area contributed by atoms with E-state index in [2.05, 4.69) is 4.98 Å². The van der Waals surface area contributed by atoms with Crippen molar-refractivity contribution < 1.29 is 9.72 Å². The number of pyridine rings is 1. The summed E-state index contributed by atoms with van der Waals surface area (Å²) in [6.07, 6.45) is 1.27. The van der Waals surface area contributed by atoms with Crippen molar-refractivity contribution in [1.29, 1.82) is 0 Å². The molecule has 2 aromatic rings. The van der Waals surface area contributed by atoms with Crippen LogP contribution in [0.5, 0.6) is 0 Å². The zero-order valence-corrected chi connectivity index (χ0v) is 9.95. The zero-order chi connectivity index (χ0) is 13.4. The maximum absolute atomic E-state index is 11.9. The fourth-order valence-corrected chi connectivity index (χ4v) is 1.86. The molecule has 6 nitrogen and oxygen atoms in total. The van der Waals surface area contributed by atoms with E-state index in [1.165, 1.54) is 19.2 Å². The van der Waals surface area contributed by atoms with Gasteiger partial charge in [0.1, 0.15) is 5.02 Å². The van der Waals surface area contributed by atoms with Crippen LogP contribution in [0.2, 0.25) is 5.02 Å². The third-order valence-corrected chi connectivity index (χ3v) is 2.83. The van der Waals surface area contributed by atoms with Crippen LogP contribution in [0.3, 0.4) is 0 Å². The Balaban J connectivity index is 2.89. The summed E-state index contributed by atoms with van der Waals surface area (Å²) in [5, 5.41) is 10.7. The average Bonchev–Trinajstić information content (AvgIpc) is 2.27. The molecule has 0 atom stereocenters. The van der Waals surface area contributed by atoms with Crippen LogP contribution in [0, 0.1) is 10.1 Å². The Morgan fingerprint density at radius 3 is 2.67 bits per heavy atom. The Morgan fingerprint density at radius 2 is 2.11 bits per heavy atom. The van der Waals surface area contributed by atoms with E-state index in [9.17, 15) is 19.7 Å². The van der Waals surface area contributed by atoms with Crippen LogP contribution >= 0.6 is 11.6 Å². The van der Waals surface area contributed by atoms with E-state index in [1.807, 2.05) is 0 Å². The summed E-state index contributed by atoms with van der Waals surface area (Å²) in [5.41, 5.74) is -0.605. The number of nitrogens with zero attached hydrogens (tertiary/aromatic N) is 1. The molecule has 0 aliphatic carbocycles. The van der Waals surface area contributed by atoms with Gasteiger partial charge in [0.05, 0.1) is 21.4 Å². The Bertz CT molecular complexity index is 736. The summed E-state index contributed by atoms with van der Waals surface area (Å²) in [4.78, 5) is 35.9. The molecular formula is C11H7ClN2O4. The number of rotatable bonds is 2. The molecule has 0 spiro atoms. The zero-order valence-electron chi connectivity index (χ0n) is 9.19. The largest absolute Gasteiger partial charge is 0.360 e. The molecule has 0 bridgehead atoms. The number of halogens is 1. The molecule has 1 aromatic heterocycles. The lowest BCUT2D eigenvalue weighted by molar-refractivity contribution is -0.384. The number of hydrogen-bond donors (Lipinski definition) is 1. The Kier molecular flexibility index (Phi) is 2.88. The van der Waals surface area contributed by atoms with Gasteiger partial charge in [0.15, 0.2) is 11.2 Å². The fourth-order valence-electron chi connectivity index (χ4n) is 1.63.